The summed E-state index contributed by atoms with van der Waals surface area (Å²) < 4.78 is 11.3. The molecule has 0 spiro atoms. The maximum atomic E-state index is 5.63. The van der Waals surface area contributed by atoms with Crippen LogP contribution in [0.2, 0.25) is 0 Å². The van der Waals surface area contributed by atoms with Crippen molar-refractivity contribution in [3.8, 4) is 0 Å². The Hall–Kier alpha value is -0.540. The first-order chi connectivity index (χ1) is 7.40. The largest absolute Gasteiger partial charge is 0.443 e. The van der Waals surface area contributed by atoms with Crippen LogP contribution in [0.5, 0.6) is 0 Å². The second-order valence-electron chi connectivity index (χ2n) is 3.80. The van der Waals surface area contributed by atoms with E-state index < -0.39 is 0 Å². The molecule has 1 unspecified atom stereocenters. The monoisotopic (exact) mass is 229 g/mol. The summed E-state index contributed by atoms with van der Waals surface area (Å²) in [6.07, 6.45) is 7.05. The number of alkyl halides is 1. The van der Waals surface area contributed by atoms with Crippen molar-refractivity contribution in [3.63, 3.8) is 0 Å². The van der Waals surface area contributed by atoms with E-state index in [4.69, 9.17) is 20.8 Å². The van der Waals surface area contributed by atoms with Gasteiger partial charge in [-0.1, -0.05) is 0 Å². The zero-order chi connectivity index (χ0) is 10.5. The van der Waals surface area contributed by atoms with Crippen LogP contribution in [0.15, 0.2) is 10.6 Å². The first kappa shape index (κ1) is 11.0. The Kier molecular flexibility index (Phi) is 4.03. The van der Waals surface area contributed by atoms with Gasteiger partial charge in [0, 0.05) is 18.9 Å². The van der Waals surface area contributed by atoms with E-state index in [1.807, 2.05) is 0 Å². The summed E-state index contributed by atoms with van der Waals surface area (Å²) in [7, 11) is 0. The number of nitrogens with zero attached hydrogens (tertiary/aromatic N) is 1. The van der Waals surface area contributed by atoms with Crippen LogP contribution < -0.4 is 0 Å². The number of ether oxygens (including phenoxy) is 1. The lowest BCUT2D eigenvalue weighted by molar-refractivity contribution is 0.00128. The predicted octanol–water partition coefficient (Wildman–Crippen LogP) is 3.09. The zero-order valence-electron chi connectivity index (χ0n) is 8.75. The van der Waals surface area contributed by atoms with E-state index in [-0.39, 0.29) is 6.10 Å². The molecule has 84 valence electrons. The lowest BCUT2D eigenvalue weighted by Gasteiger charge is -2.19. The van der Waals surface area contributed by atoms with Crippen LogP contribution in [-0.4, -0.2) is 17.5 Å². The van der Waals surface area contributed by atoms with Gasteiger partial charge >= 0.3 is 0 Å². The van der Waals surface area contributed by atoms with Crippen molar-refractivity contribution in [2.24, 2.45) is 0 Å². The van der Waals surface area contributed by atoms with Gasteiger partial charge in [-0.2, -0.15) is 0 Å². The number of hydrogen-bond donors (Lipinski definition) is 0. The fourth-order valence-corrected chi connectivity index (χ4v) is 1.91. The van der Waals surface area contributed by atoms with E-state index in [2.05, 4.69) is 4.98 Å². The molecule has 1 aliphatic rings. The van der Waals surface area contributed by atoms with Gasteiger partial charge in [0.15, 0.2) is 11.7 Å². The Labute approximate surface area is 94.8 Å². The fraction of sp³-hybridized carbons (Fsp3) is 0.727. The summed E-state index contributed by atoms with van der Waals surface area (Å²) in [6, 6.07) is 0. The van der Waals surface area contributed by atoms with Crippen LogP contribution in [0.3, 0.4) is 0 Å². The Morgan fingerprint density at radius 3 is 3.13 bits per heavy atom. The van der Waals surface area contributed by atoms with Crippen molar-refractivity contribution in [1.82, 2.24) is 4.98 Å². The first-order valence-corrected chi connectivity index (χ1v) is 6.06. The van der Waals surface area contributed by atoms with Gasteiger partial charge in [-0.05, 0) is 25.7 Å². The second kappa shape index (κ2) is 5.52. The number of rotatable bonds is 4. The van der Waals surface area contributed by atoms with Gasteiger partial charge < -0.3 is 9.15 Å². The summed E-state index contributed by atoms with van der Waals surface area (Å²) >= 11 is 5.61. The molecular weight excluding hydrogens is 214 g/mol. The molecule has 0 aliphatic carbocycles. The third-order valence-electron chi connectivity index (χ3n) is 2.59. The highest BCUT2D eigenvalue weighted by Crippen LogP contribution is 2.28. The Morgan fingerprint density at radius 2 is 2.40 bits per heavy atom. The highest BCUT2D eigenvalue weighted by molar-refractivity contribution is 6.17. The molecule has 1 saturated heterocycles. The number of oxazole rings is 1. The van der Waals surface area contributed by atoms with Crippen molar-refractivity contribution in [2.45, 2.75) is 38.2 Å². The van der Waals surface area contributed by atoms with Gasteiger partial charge in [0.2, 0.25) is 0 Å². The minimum Gasteiger partial charge on any atom is -0.443 e. The molecule has 15 heavy (non-hydrogen) atoms. The molecule has 1 atom stereocenters. The van der Waals surface area contributed by atoms with Crippen molar-refractivity contribution in [2.75, 3.05) is 12.5 Å². The van der Waals surface area contributed by atoms with Crippen LogP contribution in [0.1, 0.15) is 43.4 Å². The first-order valence-electron chi connectivity index (χ1n) is 5.52. The summed E-state index contributed by atoms with van der Waals surface area (Å²) in [4.78, 5) is 4.22. The van der Waals surface area contributed by atoms with E-state index in [1.165, 1.54) is 6.42 Å². The van der Waals surface area contributed by atoms with Gasteiger partial charge in [0.05, 0.1) is 6.20 Å². The topological polar surface area (TPSA) is 35.3 Å². The summed E-state index contributed by atoms with van der Waals surface area (Å²) in [5.74, 6) is 2.30. The lowest BCUT2D eigenvalue weighted by Crippen LogP contribution is -2.10. The summed E-state index contributed by atoms with van der Waals surface area (Å²) in [5, 5.41) is 0. The minimum absolute atomic E-state index is 0.121. The van der Waals surface area contributed by atoms with Crippen LogP contribution in [0.4, 0.5) is 0 Å². The fourth-order valence-electron chi connectivity index (χ4n) is 1.77. The molecule has 4 heteroatoms. The number of hydrogen-bond acceptors (Lipinski definition) is 3. The highest BCUT2D eigenvalue weighted by Gasteiger charge is 2.19. The van der Waals surface area contributed by atoms with Crippen LogP contribution >= 0.6 is 11.6 Å². The van der Waals surface area contributed by atoms with E-state index in [0.717, 1.165) is 43.9 Å². The average molecular weight is 230 g/mol. The van der Waals surface area contributed by atoms with E-state index in [9.17, 15) is 0 Å². The smallest absolute Gasteiger partial charge is 0.194 e. The molecule has 0 bridgehead atoms. The third-order valence-corrected chi connectivity index (χ3v) is 2.86. The number of halogens is 1. The molecule has 0 N–H and O–H groups in total. The molecule has 0 aromatic carbocycles. The van der Waals surface area contributed by atoms with E-state index in [1.54, 1.807) is 6.20 Å². The van der Waals surface area contributed by atoms with Crippen molar-refractivity contribution in [1.29, 1.82) is 0 Å². The maximum Gasteiger partial charge on any atom is 0.194 e. The SMILES string of the molecule is ClCCCc1ncc(C2CCCCO2)o1. The molecule has 0 saturated carbocycles. The van der Waals surface area contributed by atoms with Crippen LogP contribution in [0, 0.1) is 0 Å². The standard InChI is InChI=1S/C11H16ClNO2/c12-6-3-5-11-13-8-10(15-11)9-4-1-2-7-14-9/h8-9H,1-7H2. The molecule has 0 radical (unpaired) electrons. The molecule has 1 fully saturated rings. The van der Waals surface area contributed by atoms with Gasteiger partial charge in [0.25, 0.3) is 0 Å². The maximum absolute atomic E-state index is 5.63. The third kappa shape index (κ3) is 2.95. The van der Waals surface area contributed by atoms with Crippen LogP contribution in [-0.2, 0) is 11.2 Å². The molecule has 3 nitrogen and oxygen atoms in total. The van der Waals surface area contributed by atoms with E-state index in [0.29, 0.717) is 5.88 Å². The Bertz CT molecular complexity index is 295. The Balaban J connectivity index is 1.93. The normalized spacial score (nSPS) is 21.8. The van der Waals surface area contributed by atoms with Gasteiger partial charge in [0.1, 0.15) is 6.10 Å². The molecule has 2 rings (SSSR count). The zero-order valence-corrected chi connectivity index (χ0v) is 9.50. The average Bonchev–Trinajstić information content (AvgIpc) is 2.76. The minimum atomic E-state index is 0.121. The molecule has 0 amide bonds. The molecular formula is C11H16ClNO2. The second-order valence-corrected chi connectivity index (χ2v) is 4.18. The van der Waals surface area contributed by atoms with Gasteiger partial charge in [-0.3, -0.25) is 0 Å². The number of aromatic nitrogens is 1. The van der Waals surface area contributed by atoms with Crippen molar-refractivity contribution >= 4 is 11.6 Å². The Morgan fingerprint density at radius 1 is 1.47 bits per heavy atom. The van der Waals surface area contributed by atoms with E-state index >= 15 is 0 Å². The predicted molar refractivity (Wildman–Crippen MR) is 58.1 cm³/mol. The van der Waals surface area contributed by atoms with Gasteiger partial charge in [-0.25, -0.2) is 4.98 Å². The van der Waals surface area contributed by atoms with Crippen LogP contribution in [0.25, 0.3) is 0 Å². The molecule has 1 aromatic rings. The quantitative estimate of drug-likeness (QED) is 0.745. The van der Waals surface area contributed by atoms with Crippen molar-refractivity contribution in [3.05, 3.63) is 17.8 Å². The molecule has 1 aliphatic heterocycles. The summed E-state index contributed by atoms with van der Waals surface area (Å²) in [5.41, 5.74) is 0. The van der Waals surface area contributed by atoms with Gasteiger partial charge in [-0.15, -0.1) is 11.6 Å². The molecule has 2 heterocycles. The lowest BCUT2D eigenvalue weighted by atomic mass is 10.1. The highest BCUT2D eigenvalue weighted by atomic mass is 35.5. The molecule has 1 aromatic heterocycles. The summed E-state index contributed by atoms with van der Waals surface area (Å²) in [6.45, 7) is 0.836. The number of aryl methyl sites for hydroxylation is 1. The van der Waals surface area contributed by atoms with Crippen molar-refractivity contribution < 1.29 is 9.15 Å².